The van der Waals surface area contributed by atoms with E-state index < -0.39 is 10.1 Å². The molecule has 0 spiro atoms. The van der Waals surface area contributed by atoms with Gasteiger partial charge in [0.2, 0.25) is 0 Å². The molecule has 0 heterocycles. The molecule has 0 fully saturated rings. The van der Waals surface area contributed by atoms with Crippen LogP contribution in [0.15, 0.2) is 60.7 Å². The highest BCUT2D eigenvalue weighted by atomic mass is 32.2. The van der Waals surface area contributed by atoms with Crippen LogP contribution in [0, 0.1) is 0 Å². The van der Waals surface area contributed by atoms with Crippen LogP contribution in [0.1, 0.15) is 24.0 Å². The number of hydrogen-bond acceptors (Lipinski definition) is 8. The van der Waals surface area contributed by atoms with Gasteiger partial charge in [-0.2, -0.15) is 8.42 Å². The molecule has 4 rings (SSSR count). The molecule has 0 amide bonds. The fourth-order valence-corrected chi connectivity index (χ4v) is 5.15. The fourth-order valence-electron chi connectivity index (χ4n) is 5.15. The average molecular weight is 613 g/mol. The Hall–Kier alpha value is -3.57. The van der Waals surface area contributed by atoms with E-state index in [2.05, 4.69) is 47.0 Å². The molecule has 3 N–H and O–H groups in total. The number of methoxy groups -OCH3 is 4. The number of fused-ring (bicyclic) bond motifs is 2. The highest BCUT2D eigenvalue weighted by molar-refractivity contribution is 7.85. The molecule has 0 saturated heterocycles. The lowest BCUT2D eigenvalue weighted by Gasteiger charge is -2.17. The first-order chi connectivity index (χ1) is 20.7. The second-order valence-corrected chi connectivity index (χ2v) is 11.5. The molecule has 0 aliphatic rings. The van der Waals surface area contributed by atoms with Gasteiger partial charge in [-0.1, -0.05) is 48.5 Å². The number of ether oxygens (including phenoxy) is 4. The standard InChI is InChI=1S/C32H40N2O4.CH4O3S/c1-35-29-21-23-11-5-7-13-25(23)31(37-3)27(29)15-19-33-17-9-10-18-34-20-16-28-30(36-2)22-24-12-6-8-14-26(24)32(28)38-4;1-5(2,3)4/h5-8,11-14,21-22,33-34H,9-10,15-20H2,1-4H3;1H3,(H,2,3,4). The topological polar surface area (TPSA) is 115 Å². The minimum Gasteiger partial charge on any atom is -0.496 e. The molecule has 0 aliphatic carbocycles. The van der Waals surface area contributed by atoms with Gasteiger partial charge in [0.15, 0.2) is 0 Å². The molecular weight excluding hydrogens is 568 g/mol. The summed E-state index contributed by atoms with van der Waals surface area (Å²) < 4.78 is 48.8. The van der Waals surface area contributed by atoms with Gasteiger partial charge < -0.3 is 29.6 Å². The normalized spacial score (nSPS) is 11.2. The Bertz CT molecular complexity index is 1460. The van der Waals surface area contributed by atoms with Crippen molar-refractivity contribution in [2.75, 3.05) is 60.9 Å². The van der Waals surface area contributed by atoms with E-state index in [9.17, 15) is 8.42 Å². The van der Waals surface area contributed by atoms with E-state index in [0.717, 1.165) is 108 Å². The van der Waals surface area contributed by atoms with Gasteiger partial charge in [0.25, 0.3) is 10.1 Å². The van der Waals surface area contributed by atoms with Crippen LogP contribution in [-0.4, -0.2) is 73.8 Å². The molecule has 0 atom stereocenters. The summed E-state index contributed by atoms with van der Waals surface area (Å²) in [7, 11) is 3.24. The summed E-state index contributed by atoms with van der Waals surface area (Å²) in [6.07, 6.45) is 4.64. The lowest BCUT2D eigenvalue weighted by atomic mass is 10.0. The molecule has 9 nitrogen and oxygen atoms in total. The lowest BCUT2D eigenvalue weighted by molar-refractivity contribution is 0.387. The van der Waals surface area contributed by atoms with Crippen LogP contribution in [0.25, 0.3) is 21.5 Å². The van der Waals surface area contributed by atoms with Gasteiger partial charge in [0.05, 0.1) is 34.7 Å². The summed E-state index contributed by atoms with van der Waals surface area (Å²) in [5, 5.41) is 11.7. The number of nitrogens with one attached hydrogen (secondary N) is 2. The summed E-state index contributed by atoms with van der Waals surface area (Å²) >= 11 is 0. The first kappa shape index (κ1) is 33.9. The third-order valence-corrected chi connectivity index (χ3v) is 7.04. The predicted molar refractivity (Wildman–Crippen MR) is 174 cm³/mol. The highest BCUT2D eigenvalue weighted by Crippen LogP contribution is 2.38. The van der Waals surface area contributed by atoms with E-state index in [1.807, 2.05) is 24.3 Å². The zero-order valence-electron chi connectivity index (χ0n) is 25.7. The van der Waals surface area contributed by atoms with E-state index in [1.54, 1.807) is 28.4 Å². The molecular formula is C33H44N2O7S. The highest BCUT2D eigenvalue weighted by Gasteiger charge is 2.15. The summed E-state index contributed by atoms with van der Waals surface area (Å²) in [4.78, 5) is 0. The van der Waals surface area contributed by atoms with Crippen LogP contribution in [0.2, 0.25) is 0 Å². The zero-order chi connectivity index (χ0) is 31.2. The van der Waals surface area contributed by atoms with Crippen molar-refractivity contribution >= 4 is 31.7 Å². The SMILES string of the molecule is COc1cc2ccccc2c(OC)c1CCNCCCCNCCc1c(OC)cc2ccccc2c1OC.CS(=O)(=O)O. The third kappa shape index (κ3) is 10.00. The molecule has 0 aliphatic heterocycles. The van der Waals surface area contributed by atoms with Gasteiger partial charge in [-0.15, -0.1) is 0 Å². The maximum atomic E-state index is 9.19. The number of hydrogen-bond donors (Lipinski definition) is 3. The fraction of sp³-hybridized carbons (Fsp3) is 0.394. The van der Waals surface area contributed by atoms with Gasteiger partial charge in [-0.05, 0) is 74.8 Å². The quantitative estimate of drug-likeness (QED) is 0.122. The van der Waals surface area contributed by atoms with Crippen molar-refractivity contribution < 1.29 is 31.9 Å². The van der Waals surface area contributed by atoms with Crippen molar-refractivity contribution in [1.82, 2.24) is 10.6 Å². The van der Waals surface area contributed by atoms with Crippen LogP contribution in [0.4, 0.5) is 0 Å². The third-order valence-electron chi connectivity index (χ3n) is 7.04. The van der Waals surface area contributed by atoms with Crippen LogP contribution in [-0.2, 0) is 23.0 Å². The van der Waals surface area contributed by atoms with E-state index in [1.165, 1.54) is 0 Å². The van der Waals surface area contributed by atoms with Crippen molar-refractivity contribution in [2.45, 2.75) is 25.7 Å². The minimum atomic E-state index is -3.67. The summed E-state index contributed by atoms with van der Waals surface area (Å²) in [6, 6.07) is 20.7. The van der Waals surface area contributed by atoms with Gasteiger partial charge in [-0.25, -0.2) is 0 Å². The Morgan fingerprint density at radius 3 is 1.35 bits per heavy atom. The number of benzene rings is 4. The van der Waals surface area contributed by atoms with Crippen LogP contribution in [0.5, 0.6) is 23.0 Å². The van der Waals surface area contributed by atoms with E-state index in [0.29, 0.717) is 6.26 Å². The second kappa shape index (κ2) is 16.9. The Morgan fingerprint density at radius 1 is 0.628 bits per heavy atom. The van der Waals surface area contributed by atoms with Crippen LogP contribution < -0.4 is 29.6 Å². The van der Waals surface area contributed by atoms with Crippen LogP contribution in [0.3, 0.4) is 0 Å². The molecule has 0 bridgehead atoms. The largest absolute Gasteiger partial charge is 0.496 e. The van der Waals surface area contributed by atoms with Gasteiger partial charge >= 0.3 is 0 Å². The summed E-state index contributed by atoms with van der Waals surface area (Å²) in [5.74, 6) is 3.58. The molecule has 4 aromatic carbocycles. The monoisotopic (exact) mass is 612 g/mol. The molecule has 10 heteroatoms. The molecule has 0 aromatic heterocycles. The zero-order valence-corrected chi connectivity index (χ0v) is 26.6. The molecule has 0 unspecified atom stereocenters. The Morgan fingerprint density at radius 2 is 1.00 bits per heavy atom. The minimum absolute atomic E-state index is 0.715. The summed E-state index contributed by atoms with van der Waals surface area (Å²) in [6.45, 7) is 3.71. The van der Waals surface area contributed by atoms with E-state index in [4.69, 9.17) is 23.5 Å². The van der Waals surface area contributed by atoms with E-state index >= 15 is 0 Å². The number of unbranched alkanes of at least 4 members (excludes halogenated alkanes) is 1. The number of rotatable bonds is 15. The second-order valence-electron chi connectivity index (χ2n) is 10.1. The maximum Gasteiger partial charge on any atom is 0.261 e. The van der Waals surface area contributed by atoms with Crippen molar-refractivity contribution in [3.05, 3.63) is 71.8 Å². The lowest BCUT2D eigenvalue weighted by Crippen LogP contribution is -2.22. The molecule has 234 valence electrons. The van der Waals surface area contributed by atoms with E-state index in [-0.39, 0.29) is 0 Å². The van der Waals surface area contributed by atoms with Crippen molar-refractivity contribution in [3.8, 4) is 23.0 Å². The van der Waals surface area contributed by atoms with Crippen molar-refractivity contribution in [1.29, 1.82) is 0 Å². The summed E-state index contributed by atoms with van der Waals surface area (Å²) in [5.41, 5.74) is 2.23. The molecule has 4 aromatic rings. The molecule has 0 radical (unpaired) electrons. The van der Waals surface area contributed by atoms with Crippen LogP contribution >= 0.6 is 0 Å². The maximum absolute atomic E-state index is 9.19. The molecule has 0 saturated carbocycles. The Labute approximate surface area is 255 Å². The van der Waals surface area contributed by atoms with Crippen molar-refractivity contribution in [2.24, 2.45) is 0 Å². The first-order valence-corrected chi connectivity index (χ1v) is 16.2. The Kier molecular flexibility index (Phi) is 13.3. The smallest absolute Gasteiger partial charge is 0.261 e. The molecule has 43 heavy (non-hydrogen) atoms. The van der Waals surface area contributed by atoms with Gasteiger partial charge in [0, 0.05) is 21.9 Å². The van der Waals surface area contributed by atoms with Crippen molar-refractivity contribution in [3.63, 3.8) is 0 Å². The predicted octanol–water partition coefficient (Wildman–Crippen LogP) is 5.28. The average Bonchev–Trinajstić information content (AvgIpc) is 2.99. The Balaban J connectivity index is 0.000000934. The van der Waals surface area contributed by atoms with Gasteiger partial charge in [-0.3, -0.25) is 4.55 Å². The van der Waals surface area contributed by atoms with Gasteiger partial charge in [0.1, 0.15) is 23.0 Å². The first-order valence-electron chi connectivity index (χ1n) is 14.3.